The molecular weight excluding hydrogens is 795 g/mol. The third-order valence-electron chi connectivity index (χ3n) is 12.7. The van der Waals surface area contributed by atoms with Gasteiger partial charge in [-0.3, -0.25) is 0 Å². The third-order valence-corrected chi connectivity index (χ3v) is 12.7. The Bertz CT molecular complexity index is 3660. The first-order chi connectivity index (χ1) is 31.6. The lowest BCUT2D eigenvalue weighted by Crippen LogP contribution is -2.04. The van der Waals surface area contributed by atoms with Crippen LogP contribution in [0.4, 0.5) is 0 Å². The van der Waals surface area contributed by atoms with Gasteiger partial charge in [0.15, 0.2) is 0 Å². The molecule has 0 aliphatic rings. The van der Waals surface area contributed by atoms with Crippen molar-refractivity contribution in [3.8, 4) is 47.4 Å². The molecule has 9 aromatic rings. The molecule has 0 saturated heterocycles. The number of aryl methyl sites for hydroxylation is 7. The van der Waals surface area contributed by atoms with E-state index in [0.29, 0.717) is 0 Å². The van der Waals surface area contributed by atoms with Crippen molar-refractivity contribution in [1.29, 1.82) is 0 Å². The van der Waals surface area contributed by atoms with E-state index < -0.39 is 0 Å². The second-order valence-corrected chi connectivity index (χ2v) is 17.3. The first kappa shape index (κ1) is 44.8. The Morgan fingerprint density at radius 2 is 0.803 bits per heavy atom. The minimum atomic E-state index is 0. The summed E-state index contributed by atoms with van der Waals surface area (Å²) < 4.78 is 0. The highest BCUT2D eigenvalue weighted by atomic mass is 14.8. The zero-order valence-corrected chi connectivity index (χ0v) is 38.6. The van der Waals surface area contributed by atoms with E-state index in [9.17, 15) is 0 Å². The highest BCUT2D eigenvalue weighted by molar-refractivity contribution is 6.10. The van der Waals surface area contributed by atoms with Crippen molar-refractivity contribution in [2.24, 2.45) is 0 Å². The molecule has 0 atom stereocenters. The number of benzene rings is 9. The van der Waals surface area contributed by atoms with Crippen molar-refractivity contribution in [1.82, 2.24) is 5.32 Å². The zero-order chi connectivity index (χ0) is 45.2. The van der Waals surface area contributed by atoms with E-state index in [1.165, 1.54) is 43.8 Å². The minimum Gasteiger partial charge on any atom is -0.316 e. The van der Waals surface area contributed by atoms with Gasteiger partial charge < -0.3 is 5.32 Å². The molecule has 0 saturated carbocycles. The predicted molar refractivity (Wildman–Crippen MR) is 283 cm³/mol. The largest absolute Gasteiger partial charge is 0.316 e. The monoisotopic (exact) mass is 849 g/mol. The van der Waals surface area contributed by atoms with Gasteiger partial charge in [0, 0.05) is 51.1 Å². The van der Waals surface area contributed by atoms with Crippen LogP contribution in [0, 0.1) is 88.9 Å². The second-order valence-electron chi connectivity index (χ2n) is 17.3. The lowest BCUT2D eigenvalue weighted by Gasteiger charge is -2.13. The number of hydrogen-bond donors (Lipinski definition) is 1. The highest BCUT2D eigenvalue weighted by Gasteiger charge is 2.14. The Labute approximate surface area is 392 Å². The quantitative estimate of drug-likeness (QED) is 0.138. The summed E-state index contributed by atoms with van der Waals surface area (Å²) in [6.45, 7) is 15.9. The van der Waals surface area contributed by atoms with E-state index in [1.807, 2.05) is 7.05 Å². The minimum absolute atomic E-state index is 0. The molecule has 1 nitrogen and oxygen atoms in total. The van der Waals surface area contributed by atoms with Gasteiger partial charge in [0.25, 0.3) is 0 Å². The lowest BCUT2D eigenvalue weighted by molar-refractivity contribution is 0.819. The van der Waals surface area contributed by atoms with E-state index in [2.05, 4.69) is 235 Å². The van der Waals surface area contributed by atoms with E-state index in [1.54, 1.807) is 0 Å². The van der Waals surface area contributed by atoms with Crippen LogP contribution in [-0.2, 0) is 13.0 Å². The van der Waals surface area contributed by atoms with Gasteiger partial charge in [0.1, 0.15) is 0 Å². The maximum Gasteiger partial charge on any atom is 0.0406 e. The van der Waals surface area contributed by atoms with E-state index in [0.717, 1.165) is 101 Å². The average Bonchev–Trinajstić information content (AvgIpc) is 3.31. The Hall–Kier alpha value is -7.78. The van der Waals surface area contributed by atoms with Crippen molar-refractivity contribution >= 4 is 43.1 Å². The first-order valence-electron chi connectivity index (χ1n) is 22.5. The van der Waals surface area contributed by atoms with Crippen molar-refractivity contribution in [2.75, 3.05) is 7.05 Å². The van der Waals surface area contributed by atoms with Crippen LogP contribution in [0.2, 0.25) is 0 Å². The summed E-state index contributed by atoms with van der Waals surface area (Å²) >= 11 is 0. The summed E-state index contributed by atoms with van der Waals surface area (Å²) in [5.74, 6) is 28.7. The molecule has 9 aromatic carbocycles. The molecule has 0 aromatic heterocycles. The van der Waals surface area contributed by atoms with Gasteiger partial charge in [-0.05, 0) is 167 Å². The fourth-order valence-corrected chi connectivity index (χ4v) is 9.04. The summed E-state index contributed by atoms with van der Waals surface area (Å²) in [5, 5.41) is 12.5. The lowest BCUT2D eigenvalue weighted by atomic mass is 9.90. The summed E-state index contributed by atoms with van der Waals surface area (Å²) in [5.41, 5.74) is 17.6. The fourth-order valence-electron chi connectivity index (χ4n) is 9.04. The number of hydrogen-bond acceptors (Lipinski definition) is 1. The molecule has 0 heterocycles. The molecule has 1 heteroatoms. The first-order valence-corrected chi connectivity index (χ1v) is 22.5. The van der Waals surface area contributed by atoms with Crippen LogP contribution in [0.25, 0.3) is 43.1 Å². The molecular formula is C65H55N. The molecule has 0 aliphatic heterocycles. The van der Waals surface area contributed by atoms with Crippen molar-refractivity contribution in [2.45, 2.75) is 68.9 Å². The van der Waals surface area contributed by atoms with Crippen LogP contribution in [0.5, 0.6) is 0 Å². The normalized spacial score (nSPS) is 10.6. The average molecular weight is 850 g/mol. The van der Waals surface area contributed by atoms with E-state index in [-0.39, 0.29) is 7.43 Å². The Morgan fingerprint density at radius 3 is 1.32 bits per heavy atom. The molecule has 1 N–H and O–H groups in total. The Balaban J connectivity index is 0.00000592. The summed E-state index contributed by atoms with van der Waals surface area (Å²) in [4.78, 5) is 0. The van der Waals surface area contributed by atoms with Gasteiger partial charge in [0.05, 0.1) is 0 Å². The Morgan fingerprint density at radius 1 is 0.379 bits per heavy atom. The van der Waals surface area contributed by atoms with Crippen LogP contribution >= 0.6 is 0 Å². The second kappa shape index (κ2) is 19.1. The van der Waals surface area contributed by atoms with Gasteiger partial charge in [-0.25, -0.2) is 0 Å². The van der Waals surface area contributed by atoms with Crippen molar-refractivity contribution in [3.05, 3.63) is 222 Å². The summed E-state index contributed by atoms with van der Waals surface area (Å²) in [6.07, 6.45) is 1.02. The number of rotatable bonds is 3. The van der Waals surface area contributed by atoms with Gasteiger partial charge in [-0.15, -0.1) is 0 Å². The summed E-state index contributed by atoms with van der Waals surface area (Å²) in [7, 11) is 1.99. The van der Waals surface area contributed by atoms with Gasteiger partial charge in [0.2, 0.25) is 0 Å². The van der Waals surface area contributed by atoms with E-state index >= 15 is 0 Å². The summed E-state index contributed by atoms with van der Waals surface area (Å²) in [6, 6.07) is 47.8. The van der Waals surface area contributed by atoms with Crippen LogP contribution in [0.15, 0.2) is 133 Å². The van der Waals surface area contributed by atoms with Gasteiger partial charge in [-0.1, -0.05) is 170 Å². The van der Waals surface area contributed by atoms with Crippen molar-refractivity contribution < 1.29 is 0 Å². The van der Waals surface area contributed by atoms with Crippen molar-refractivity contribution in [3.63, 3.8) is 0 Å². The Kier molecular flexibility index (Phi) is 13.0. The molecule has 0 radical (unpaired) electrons. The number of fused-ring (bicyclic) bond motifs is 4. The van der Waals surface area contributed by atoms with E-state index in [4.69, 9.17) is 0 Å². The molecule has 0 aliphatic carbocycles. The van der Waals surface area contributed by atoms with Gasteiger partial charge >= 0.3 is 0 Å². The maximum atomic E-state index is 3.69. The van der Waals surface area contributed by atoms with Crippen LogP contribution in [0.3, 0.4) is 0 Å². The maximum absolute atomic E-state index is 3.69. The fraction of sp³-hybridized carbons (Fsp3) is 0.169. The third kappa shape index (κ3) is 8.84. The zero-order valence-electron chi connectivity index (χ0n) is 38.6. The number of nitrogens with one attached hydrogen (secondary N) is 1. The molecule has 0 spiro atoms. The molecule has 0 fully saturated rings. The smallest absolute Gasteiger partial charge is 0.0406 e. The van der Waals surface area contributed by atoms with Crippen LogP contribution < -0.4 is 5.32 Å². The standard InChI is InChI=1S/C64H51N.CH4/c1-9-47-19-21-48(22-20-47)23-25-50-38-53(43(4)35-42(50)3)28-33-62-57-17-13-12-16-56(57)59(61-29-18-41(2)34-64(61)62)32-27-52-39-51(44(5)36-45(52)6)26-31-58-55-15-11-10-14-54(55)46(7)63-37-49(40-65-8)24-30-60(58)63;/h10-22,24,29-30,34-39,65H,9,40H2,1-8H3;1H4. The SMILES string of the molecule is C.CCc1ccc(C#Cc2cc(C#Cc3c4ccccc4c(C#Cc4cc(C#Cc5c6ccccc6c(C)c6cc(CNC)ccc56)c(C)cc4C)c4ccc(C)cc34)c(C)cc2C)cc1. The molecule has 0 unspecified atom stereocenters. The molecule has 0 amide bonds. The molecule has 66 heavy (non-hydrogen) atoms. The molecule has 320 valence electrons. The highest BCUT2D eigenvalue weighted by Crippen LogP contribution is 2.35. The van der Waals surface area contributed by atoms with Crippen LogP contribution in [-0.4, -0.2) is 7.05 Å². The van der Waals surface area contributed by atoms with Gasteiger partial charge in [-0.2, -0.15) is 0 Å². The van der Waals surface area contributed by atoms with Crippen LogP contribution in [0.1, 0.15) is 103 Å². The topological polar surface area (TPSA) is 12.0 Å². The molecule has 0 bridgehead atoms. The predicted octanol–water partition coefficient (Wildman–Crippen LogP) is 14.7. The molecule has 9 rings (SSSR count).